The van der Waals surface area contributed by atoms with Crippen molar-refractivity contribution in [1.29, 1.82) is 0 Å². The molecule has 1 aromatic carbocycles. The maximum absolute atomic E-state index is 12.8. The van der Waals surface area contributed by atoms with Crippen LogP contribution in [0.25, 0.3) is 0 Å². The molecule has 1 saturated heterocycles. The van der Waals surface area contributed by atoms with Gasteiger partial charge in [0.25, 0.3) is 5.91 Å². The summed E-state index contributed by atoms with van der Waals surface area (Å²) in [6.07, 6.45) is 3.34. The molecule has 134 valence electrons. The molecule has 2 aliphatic rings. The van der Waals surface area contributed by atoms with Gasteiger partial charge in [-0.05, 0) is 29.3 Å². The minimum Gasteiger partial charge on any atom is -0.448 e. The molecule has 0 N–H and O–H groups in total. The van der Waals surface area contributed by atoms with Crippen LogP contribution in [0.2, 0.25) is 0 Å². The molecule has 1 fully saturated rings. The average molecular weight is 351 g/mol. The van der Waals surface area contributed by atoms with E-state index in [1.54, 1.807) is 18.5 Å². The molecule has 1 amide bonds. The first kappa shape index (κ1) is 16.7. The molecule has 26 heavy (non-hydrogen) atoms. The van der Waals surface area contributed by atoms with Crippen molar-refractivity contribution in [2.75, 3.05) is 26.2 Å². The van der Waals surface area contributed by atoms with Gasteiger partial charge in [-0.3, -0.25) is 14.7 Å². The summed E-state index contributed by atoms with van der Waals surface area (Å²) in [5.41, 5.74) is 2.68. The molecule has 2 aliphatic heterocycles. The maximum Gasteiger partial charge on any atom is 0.339 e. The third-order valence-electron chi connectivity index (χ3n) is 5.01. The summed E-state index contributed by atoms with van der Waals surface area (Å²) in [6.45, 7) is 3.78. The molecule has 0 unspecified atom stereocenters. The van der Waals surface area contributed by atoms with E-state index in [-0.39, 0.29) is 5.91 Å². The van der Waals surface area contributed by atoms with Crippen LogP contribution in [0.4, 0.5) is 0 Å². The lowest BCUT2D eigenvalue weighted by atomic mass is 9.98. The number of benzene rings is 1. The van der Waals surface area contributed by atoms with E-state index in [0.717, 1.165) is 25.2 Å². The van der Waals surface area contributed by atoms with Gasteiger partial charge in [0.15, 0.2) is 6.10 Å². The van der Waals surface area contributed by atoms with Gasteiger partial charge in [-0.25, -0.2) is 4.79 Å². The molecule has 2 aromatic rings. The van der Waals surface area contributed by atoms with E-state index in [1.165, 1.54) is 5.56 Å². The fourth-order valence-electron chi connectivity index (χ4n) is 3.55. The number of pyridine rings is 1. The summed E-state index contributed by atoms with van der Waals surface area (Å²) in [5, 5.41) is 0. The van der Waals surface area contributed by atoms with Gasteiger partial charge in [0.2, 0.25) is 0 Å². The monoisotopic (exact) mass is 351 g/mol. The number of carbonyl (C=O) groups excluding carboxylic acids is 2. The zero-order chi connectivity index (χ0) is 17.9. The van der Waals surface area contributed by atoms with Crippen molar-refractivity contribution in [3.8, 4) is 0 Å². The molecule has 3 heterocycles. The SMILES string of the molecule is O=C1O[C@@H](C(=O)N2CCN(Cc3ccncc3)CC2)Cc2ccccc21. The van der Waals surface area contributed by atoms with Crippen LogP contribution in [0.15, 0.2) is 48.8 Å². The normalized spacial score (nSPS) is 20.4. The Morgan fingerprint density at radius 3 is 2.58 bits per heavy atom. The van der Waals surface area contributed by atoms with Crippen LogP contribution in [0.5, 0.6) is 0 Å². The number of fused-ring (bicyclic) bond motifs is 1. The molecular weight excluding hydrogens is 330 g/mol. The zero-order valence-corrected chi connectivity index (χ0v) is 14.5. The number of esters is 1. The predicted octanol–water partition coefficient (Wildman–Crippen LogP) is 1.51. The summed E-state index contributed by atoms with van der Waals surface area (Å²) < 4.78 is 5.40. The van der Waals surface area contributed by atoms with Crippen LogP contribution in [0.1, 0.15) is 21.5 Å². The molecule has 0 spiro atoms. The maximum atomic E-state index is 12.8. The quantitative estimate of drug-likeness (QED) is 0.785. The molecule has 0 saturated carbocycles. The highest BCUT2D eigenvalue weighted by molar-refractivity contribution is 5.95. The Bertz CT molecular complexity index is 801. The van der Waals surface area contributed by atoms with Crippen LogP contribution in [-0.2, 0) is 22.5 Å². The molecule has 0 radical (unpaired) electrons. The highest BCUT2D eigenvalue weighted by Crippen LogP contribution is 2.22. The van der Waals surface area contributed by atoms with Crippen molar-refractivity contribution in [3.05, 3.63) is 65.5 Å². The Labute approximate surface area is 152 Å². The van der Waals surface area contributed by atoms with Crippen LogP contribution in [-0.4, -0.2) is 58.9 Å². The Morgan fingerprint density at radius 2 is 1.81 bits per heavy atom. The Kier molecular flexibility index (Phi) is 4.67. The molecule has 0 aliphatic carbocycles. The highest BCUT2D eigenvalue weighted by atomic mass is 16.5. The van der Waals surface area contributed by atoms with Crippen molar-refractivity contribution in [1.82, 2.24) is 14.8 Å². The zero-order valence-electron chi connectivity index (χ0n) is 14.5. The summed E-state index contributed by atoms with van der Waals surface area (Å²) in [4.78, 5) is 33.1. The van der Waals surface area contributed by atoms with E-state index < -0.39 is 12.1 Å². The first-order chi connectivity index (χ1) is 12.7. The second-order valence-corrected chi connectivity index (χ2v) is 6.71. The molecule has 6 nitrogen and oxygen atoms in total. The number of cyclic esters (lactones) is 1. The van der Waals surface area contributed by atoms with E-state index in [0.29, 0.717) is 25.1 Å². The lowest BCUT2D eigenvalue weighted by Gasteiger charge is -2.37. The third kappa shape index (κ3) is 3.46. The summed E-state index contributed by atoms with van der Waals surface area (Å²) in [7, 11) is 0. The van der Waals surface area contributed by atoms with Crippen LogP contribution < -0.4 is 0 Å². The van der Waals surface area contributed by atoms with Gasteiger partial charge in [0.1, 0.15) is 0 Å². The molecular formula is C20H21N3O3. The lowest BCUT2D eigenvalue weighted by molar-refractivity contribution is -0.142. The van der Waals surface area contributed by atoms with Crippen molar-refractivity contribution in [3.63, 3.8) is 0 Å². The van der Waals surface area contributed by atoms with Crippen molar-refractivity contribution >= 4 is 11.9 Å². The van der Waals surface area contributed by atoms with Crippen molar-refractivity contribution in [2.24, 2.45) is 0 Å². The number of aromatic nitrogens is 1. The third-order valence-corrected chi connectivity index (χ3v) is 5.01. The second kappa shape index (κ2) is 7.25. The van der Waals surface area contributed by atoms with Gasteiger partial charge >= 0.3 is 5.97 Å². The number of hydrogen-bond acceptors (Lipinski definition) is 5. The second-order valence-electron chi connectivity index (χ2n) is 6.71. The fraction of sp³-hybridized carbons (Fsp3) is 0.350. The van der Waals surface area contributed by atoms with Gasteiger partial charge in [-0.15, -0.1) is 0 Å². The van der Waals surface area contributed by atoms with Crippen LogP contribution in [0.3, 0.4) is 0 Å². The first-order valence-electron chi connectivity index (χ1n) is 8.89. The van der Waals surface area contributed by atoms with Crippen molar-refractivity contribution < 1.29 is 14.3 Å². The summed E-state index contributed by atoms with van der Waals surface area (Å²) >= 11 is 0. The predicted molar refractivity (Wildman–Crippen MR) is 95.4 cm³/mol. The molecule has 1 aromatic heterocycles. The Hall–Kier alpha value is -2.73. The number of amides is 1. The van der Waals surface area contributed by atoms with E-state index in [4.69, 9.17) is 4.74 Å². The molecule has 0 bridgehead atoms. The van der Waals surface area contributed by atoms with Gasteiger partial charge < -0.3 is 9.64 Å². The minimum absolute atomic E-state index is 0.0867. The number of ether oxygens (including phenoxy) is 1. The smallest absolute Gasteiger partial charge is 0.339 e. The number of piperazine rings is 1. The number of nitrogens with zero attached hydrogens (tertiary/aromatic N) is 3. The largest absolute Gasteiger partial charge is 0.448 e. The van der Waals surface area contributed by atoms with E-state index >= 15 is 0 Å². The molecule has 4 rings (SSSR count). The average Bonchev–Trinajstić information content (AvgIpc) is 2.69. The van der Waals surface area contributed by atoms with Gasteiger partial charge in [0, 0.05) is 51.5 Å². The number of hydrogen-bond donors (Lipinski definition) is 0. The Balaban J connectivity index is 1.35. The van der Waals surface area contributed by atoms with Crippen molar-refractivity contribution in [2.45, 2.75) is 19.1 Å². The van der Waals surface area contributed by atoms with Crippen LogP contribution in [0, 0.1) is 0 Å². The van der Waals surface area contributed by atoms with E-state index in [9.17, 15) is 9.59 Å². The van der Waals surface area contributed by atoms with E-state index in [1.807, 2.05) is 35.2 Å². The first-order valence-corrected chi connectivity index (χ1v) is 8.89. The van der Waals surface area contributed by atoms with Crippen LogP contribution >= 0.6 is 0 Å². The summed E-state index contributed by atoms with van der Waals surface area (Å²) in [5.74, 6) is -0.488. The Morgan fingerprint density at radius 1 is 1.08 bits per heavy atom. The van der Waals surface area contributed by atoms with Gasteiger partial charge in [-0.2, -0.15) is 0 Å². The van der Waals surface area contributed by atoms with Gasteiger partial charge in [0.05, 0.1) is 5.56 Å². The van der Waals surface area contributed by atoms with E-state index in [2.05, 4.69) is 9.88 Å². The molecule has 1 atom stereocenters. The fourth-order valence-corrected chi connectivity index (χ4v) is 3.55. The molecule has 6 heteroatoms. The standard InChI is InChI=1S/C20H21N3O3/c24-19(18-13-16-3-1-2-4-17(16)20(25)26-18)23-11-9-22(10-12-23)14-15-5-7-21-8-6-15/h1-8,18H,9-14H2/t18-/m1/s1. The topological polar surface area (TPSA) is 62.7 Å². The highest BCUT2D eigenvalue weighted by Gasteiger charge is 2.34. The van der Waals surface area contributed by atoms with Gasteiger partial charge in [-0.1, -0.05) is 18.2 Å². The minimum atomic E-state index is -0.704. The number of carbonyl (C=O) groups is 2. The number of rotatable bonds is 3. The lowest BCUT2D eigenvalue weighted by Crippen LogP contribution is -2.52. The summed E-state index contributed by atoms with van der Waals surface area (Å²) in [6, 6.07) is 11.4.